The van der Waals surface area contributed by atoms with Crippen molar-refractivity contribution in [3.05, 3.63) is 198 Å². The molecule has 0 fully saturated rings. The van der Waals surface area contributed by atoms with Crippen LogP contribution in [0.3, 0.4) is 0 Å². The molecule has 9 aromatic rings. The Bertz CT molecular complexity index is 3000. The molecule has 268 valence electrons. The second kappa shape index (κ2) is 11.9. The first-order chi connectivity index (χ1) is 27.3. The predicted molar refractivity (Wildman–Crippen MR) is 234 cm³/mol. The van der Waals surface area contributed by atoms with Crippen molar-refractivity contribution in [3.8, 4) is 44.5 Å². The van der Waals surface area contributed by atoms with Crippen molar-refractivity contribution in [1.82, 2.24) is 0 Å². The second-order valence-corrected chi connectivity index (χ2v) is 16.5. The number of hydrogen-bond acceptors (Lipinski definition) is 2. The summed E-state index contributed by atoms with van der Waals surface area (Å²) in [6, 6.07) is 64.4. The zero-order valence-electron chi connectivity index (χ0n) is 32.1. The molecule has 0 unspecified atom stereocenters. The summed E-state index contributed by atoms with van der Waals surface area (Å²) >= 11 is 0. The van der Waals surface area contributed by atoms with Gasteiger partial charge in [-0.15, -0.1) is 0 Å². The smallest absolute Gasteiger partial charge is 0.136 e. The quantitative estimate of drug-likeness (QED) is 0.176. The highest BCUT2D eigenvalue weighted by molar-refractivity contribution is 6.17. The SMILES string of the molecule is CC1(C)c2ccccc2-c2ccc(N(c3ccc(-c4ccccc4)cc3)c3ccc4c(c3)C(C)(C)c3cc5oc6ccccc6c5c(-c5ccccc5)c3-4)cc21. The number of para-hydroxylation sites is 1. The average Bonchev–Trinajstić information content (AvgIpc) is 3.80. The van der Waals surface area contributed by atoms with Crippen molar-refractivity contribution >= 4 is 39.0 Å². The molecule has 2 nitrogen and oxygen atoms in total. The van der Waals surface area contributed by atoms with Crippen molar-refractivity contribution in [3.63, 3.8) is 0 Å². The third-order valence-electron chi connectivity index (χ3n) is 12.7. The summed E-state index contributed by atoms with van der Waals surface area (Å²) in [7, 11) is 0. The van der Waals surface area contributed by atoms with Crippen LogP contribution in [0.1, 0.15) is 49.9 Å². The van der Waals surface area contributed by atoms with E-state index in [4.69, 9.17) is 4.42 Å². The molecular weight excluding hydrogens is 679 g/mol. The van der Waals surface area contributed by atoms with Gasteiger partial charge in [-0.25, -0.2) is 0 Å². The van der Waals surface area contributed by atoms with Crippen LogP contribution in [0, 0.1) is 0 Å². The Labute approximate surface area is 328 Å². The summed E-state index contributed by atoms with van der Waals surface area (Å²) in [5, 5.41) is 2.33. The van der Waals surface area contributed by atoms with Crippen LogP contribution in [0.25, 0.3) is 66.4 Å². The largest absolute Gasteiger partial charge is 0.456 e. The van der Waals surface area contributed by atoms with E-state index in [0.29, 0.717) is 0 Å². The molecule has 1 aromatic heterocycles. The molecule has 0 spiro atoms. The van der Waals surface area contributed by atoms with E-state index in [-0.39, 0.29) is 10.8 Å². The third-order valence-corrected chi connectivity index (χ3v) is 12.7. The maximum Gasteiger partial charge on any atom is 0.136 e. The van der Waals surface area contributed by atoms with Crippen LogP contribution in [0.4, 0.5) is 17.1 Å². The molecule has 0 atom stereocenters. The van der Waals surface area contributed by atoms with Gasteiger partial charge < -0.3 is 9.32 Å². The Morgan fingerprint density at radius 3 is 1.64 bits per heavy atom. The van der Waals surface area contributed by atoms with E-state index in [0.717, 1.165) is 33.6 Å². The molecule has 2 aliphatic carbocycles. The summed E-state index contributed by atoms with van der Waals surface area (Å²) in [5.74, 6) is 0. The van der Waals surface area contributed by atoms with Gasteiger partial charge in [0.15, 0.2) is 0 Å². The van der Waals surface area contributed by atoms with Crippen molar-refractivity contribution in [1.29, 1.82) is 0 Å². The van der Waals surface area contributed by atoms with Gasteiger partial charge in [0.2, 0.25) is 0 Å². The van der Waals surface area contributed by atoms with E-state index in [1.807, 2.05) is 0 Å². The molecule has 1 heterocycles. The number of fused-ring (bicyclic) bond motifs is 9. The molecule has 0 radical (unpaired) electrons. The fourth-order valence-electron chi connectivity index (χ4n) is 9.82. The lowest BCUT2D eigenvalue weighted by molar-refractivity contribution is 0.647. The standard InChI is InChI=1S/C54H41NO/c1-53(2)44-21-13-11-19-40(44)41-29-27-38(31-45(41)53)55(37-25-23-35(24-26-37)34-15-7-5-8-16-34)39-28-30-42-46(32-39)54(3,4)47-33-49-52(43-20-12-14-22-48(43)56-49)50(51(42)47)36-17-9-6-10-18-36/h5-33H,1-4H3. The fourth-order valence-corrected chi connectivity index (χ4v) is 9.82. The van der Waals surface area contributed by atoms with Crippen LogP contribution in [0.15, 0.2) is 180 Å². The summed E-state index contributed by atoms with van der Waals surface area (Å²) < 4.78 is 6.62. The summed E-state index contributed by atoms with van der Waals surface area (Å²) in [5.41, 5.74) is 20.4. The van der Waals surface area contributed by atoms with Crippen LogP contribution < -0.4 is 4.90 Å². The lowest BCUT2D eigenvalue weighted by atomic mass is 9.81. The Morgan fingerprint density at radius 2 is 0.911 bits per heavy atom. The number of hydrogen-bond donors (Lipinski definition) is 0. The maximum atomic E-state index is 6.62. The molecule has 0 bridgehead atoms. The zero-order valence-corrected chi connectivity index (χ0v) is 32.1. The van der Waals surface area contributed by atoms with E-state index in [1.54, 1.807) is 0 Å². The van der Waals surface area contributed by atoms with Gasteiger partial charge in [-0.3, -0.25) is 0 Å². The Kier molecular flexibility index (Phi) is 6.98. The van der Waals surface area contributed by atoms with Crippen molar-refractivity contribution in [2.45, 2.75) is 38.5 Å². The first kappa shape index (κ1) is 32.8. The summed E-state index contributed by atoms with van der Waals surface area (Å²) in [4.78, 5) is 2.45. The molecule has 56 heavy (non-hydrogen) atoms. The summed E-state index contributed by atoms with van der Waals surface area (Å²) in [6.45, 7) is 9.47. The fraction of sp³-hybridized carbons (Fsp3) is 0.111. The number of furan rings is 1. The molecule has 2 aliphatic rings. The van der Waals surface area contributed by atoms with E-state index < -0.39 is 0 Å². The molecule has 0 amide bonds. The Balaban J connectivity index is 1.12. The van der Waals surface area contributed by atoms with Gasteiger partial charge in [-0.1, -0.05) is 155 Å². The molecule has 8 aromatic carbocycles. The van der Waals surface area contributed by atoms with Gasteiger partial charge in [-0.2, -0.15) is 0 Å². The second-order valence-electron chi connectivity index (χ2n) is 16.5. The minimum atomic E-state index is -0.276. The molecule has 0 aliphatic heterocycles. The van der Waals surface area contributed by atoms with Crippen LogP contribution >= 0.6 is 0 Å². The highest BCUT2D eigenvalue weighted by Crippen LogP contribution is 2.57. The average molecular weight is 720 g/mol. The molecular formula is C54H41NO. The maximum absolute atomic E-state index is 6.62. The van der Waals surface area contributed by atoms with E-state index in [2.05, 4.69) is 209 Å². The molecule has 0 saturated heterocycles. The third kappa shape index (κ3) is 4.69. The van der Waals surface area contributed by atoms with Crippen molar-refractivity contribution in [2.75, 3.05) is 4.90 Å². The van der Waals surface area contributed by atoms with Crippen LogP contribution in [-0.2, 0) is 10.8 Å². The van der Waals surface area contributed by atoms with Crippen molar-refractivity contribution < 1.29 is 4.42 Å². The number of anilines is 3. The number of benzene rings is 8. The summed E-state index contributed by atoms with van der Waals surface area (Å²) in [6.07, 6.45) is 0. The van der Waals surface area contributed by atoms with Crippen LogP contribution in [-0.4, -0.2) is 0 Å². The van der Waals surface area contributed by atoms with Gasteiger partial charge in [0.1, 0.15) is 11.2 Å². The van der Waals surface area contributed by atoms with Gasteiger partial charge in [0.05, 0.1) is 0 Å². The van der Waals surface area contributed by atoms with Gasteiger partial charge in [-0.05, 0) is 110 Å². The lowest BCUT2D eigenvalue weighted by Gasteiger charge is -2.30. The predicted octanol–water partition coefficient (Wildman–Crippen LogP) is 15.0. The first-order valence-corrected chi connectivity index (χ1v) is 19.7. The number of rotatable bonds is 5. The Hall–Kier alpha value is -6.64. The van der Waals surface area contributed by atoms with E-state index in [1.165, 1.54) is 72.1 Å². The first-order valence-electron chi connectivity index (χ1n) is 19.7. The molecule has 11 rings (SSSR count). The highest BCUT2D eigenvalue weighted by Gasteiger charge is 2.40. The molecule has 0 saturated carbocycles. The zero-order chi connectivity index (χ0) is 37.8. The normalized spacial score (nSPS) is 14.4. The van der Waals surface area contributed by atoms with E-state index >= 15 is 0 Å². The lowest BCUT2D eigenvalue weighted by Crippen LogP contribution is -2.18. The Morgan fingerprint density at radius 1 is 0.375 bits per heavy atom. The number of nitrogens with zero attached hydrogens (tertiary/aromatic N) is 1. The van der Waals surface area contributed by atoms with Gasteiger partial charge in [0.25, 0.3) is 0 Å². The van der Waals surface area contributed by atoms with Crippen LogP contribution in [0.2, 0.25) is 0 Å². The van der Waals surface area contributed by atoms with Crippen LogP contribution in [0.5, 0.6) is 0 Å². The highest BCUT2D eigenvalue weighted by atomic mass is 16.3. The van der Waals surface area contributed by atoms with Gasteiger partial charge >= 0.3 is 0 Å². The monoisotopic (exact) mass is 719 g/mol. The topological polar surface area (TPSA) is 16.4 Å². The van der Waals surface area contributed by atoms with Gasteiger partial charge in [0, 0.05) is 44.2 Å². The van der Waals surface area contributed by atoms with E-state index in [9.17, 15) is 0 Å². The molecule has 0 N–H and O–H groups in total. The van der Waals surface area contributed by atoms with Crippen molar-refractivity contribution in [2.24, 2.45) is 0 Å². The minimum Gasteiger partial charge on any atom is -0.456 e. The molecule has 2 heteroatoms. The minimum absolute atomic E-state index is 0.110.